The topological polar surface area (TPSA) is 119 Å². The number of hydrogen-bond donors (Lipinski definition) is 4. The van der Waals surface area contributed by atoms with Crippen LogP contribution in [0.25, 0.3) is 10.8 Å². The monoisotopic (exact) mass is 382 g/mol. The van der Waals surface area contributed by atoms with E-state index in [0.717, 1.165) is 16.8 Å². The zero-order valence-electron chi connectivity index (χ0n) is 15.7. The Morgan fingerprint density at radius 1 is 1.25 bits per heavy atom. The van der Waals surface area contributed by atoms with Gasteiger partial charge in [-0.25, -0.2) is 9.37 Å². The second-order valence-electron chi connectivity index (χ2n) is 6.63. The van der Waals surface area contributed by atoms with Crippen LogP contribution in [0, 0.1) is 5.82 Å². The predicted octanol–water partition coefficient (Wildman–Crippen LogP) is 3.15. The van der Waals surface area contributed by atoms with Crippen LogP contribution in [-0.2, 0) is 0 Å². The number of primary amides is 1. The molecule has 0 fully saturated rings. The Morgan fingerprint density at radius 3 is 2.68 bits per heavy atom. The van der Waals surface area contributed by atoms with E-state index in [1.807, 2.05) is 38.1 Å². The first-order valence-electron chi connectivity index (χ1n) is 9.03. The molecule has 0 saturated carbocycles. The number of nitrogens with two attached hydrogens (primary N) is 2. The van der Waals surface area contributed by atoms with Gasteiger partial charge in [-0.05, 0) is 19.4 Å². The van der Waals surface area contributed by atoms with E-state index in [4.69, 9.17) is 11.5 Å². The molecule has 3 aromatic rings. The highest BCUT2D eigenvalue weighted by Gasteiger charge is 2.20. The van der Waals surface area contributed by atoms with Crippen LogP contribution in [0.5, 0.6) is 0 Å². The number of carbonyl (C=O) groups is 1. The Kier molecular flexibility index (Phi) is 5.70. The van der Waals surface area contributed by atoms with E-state index in [1.165, 1.54) is 0 Å². The van der Waals surface area contributed by atoms with E-state index in [-0.39, 0.29) is 29.3 Å². The minimum atomic E-state index is -0.784. The van der Waals surface area contributed by atoms with Gasteiger partial charge in [-0.3, -0.25) is 9.78 Å². The number of benzene rings is 1. The minimum Gasteiger partial charge on any atom is -0.365 e. The molecule has 7 nitrogen and oxygen atoms in total. The second-order valence-corrected chi connectivity index (χ2v) is 6.63. The maximum Gasteiger partial charge on any atom is 0.252 e. The third-order valence-corrected chi connectivity index (χ3v) is 4.56. The molecule has 0 spiro atoms. The zero-order chi connectivity index (χ0) is 20.3. The summed E-state index contributed by atoms with van der Waals surface area (Å²) in [5.41, 5.74) is 11.9. The van der Waals surface area contributed by atoms with Crippen molar-refractivity contribution in [2.45, 2.75) is 32.4 Å². The molecule has 8 heteroatoms. The summed E-state index contributed by atoms with van der Waals surface area (Å²) < 4.78 is 14.5. The number of nitrogens with zero attached hydrogens (tertiary/aromatic N) is 2. The standard InChI is InChI=1S/C20H23FN6O/c1-3-16(11(2)22)25-20-15(21)8-14(18(23)28)19(27-20)26-17-10-24-9-12-6-4-5-7-13(12)17/h4-11,16H,3,22H2,1-2H3,(H2,23,28)(H2,25,26,27)/t11-,16+/m0/s1. The third kappa shape index (κ3) is 4.01. The smallest absolute Gasteiger partial charge is 0.252 e. The summed E-state index contributed by atoms with van der Waals surface area (Å²) in [4.78, 5) is 20.3. The van der Waals surface area contributed by atoms with Crippen LogP contribution in [0.1, 0.15) is 30.6 Å². The van der Waals surface area contributed by atoms with Gasteiger partial charge in [0.1, 0.15) is 5.82 Å². The van der Waals surface area contributed by atoms with Gasteiger partial charge in [-0.15, -0.1) is 0 Å². The van der Waals surface area contributed by atoms with E-state index in [9.17, 15) is 9.18 Å². The maximum atomic E-state index is 14.5. The van der Waals surface area contributed by atoms with Crippen LogP contribution in [0.4, 0.5) is 21.7 Å². The van der Waals surface area contributed by atoms with Crippen molar-refractivity contribution in [1.82, 2.24) is 9.97 Å². The zero-order valence-corrected chi connectivity index (χ0v) is 15.7. The highest BCUT2D eigenvalue weighted by Crippen LogP contribution is 2.28. The van der Waals surface area contributed by atoms with Crippen molar-refractivity contribution in [1.29, 1.82) is 0 Å². The van der Waals surface area contributed by atoms with Gasteiger partial charge in [0.05, 0.1) is 17.4 Å². The number of anilines is 3. The Morgan fingerprint density at radius 2 is 2.00 bits per heavy atom. The molecule has 2 atom stereocenters. The molecule has 0 radical (unpaired) electrons. The van der Waals surface area contributed by atoms with Gasteiger partial charge in [0.15, 0.2) is 11.6 Å². The van der Waals surface area contributed by atoms with Crippen molar-refractivity contribution < 1.29 is 9.18 Å². The lowest BCUT2D eigenvalue weighted by Gasteiger charge is -2.22. The van der Waals surface area contributed by atoms with Gasteiger partial charge in [-0.2, -0.15) is 0 Å². The Hall–Kier alpha value is -3.26. The van der Waals surface area contributed by atoms with Crippen LogP contribution in [-0.4, -0.2) is 28.0 Å². The fourth-order valence-corrected chi connectivity index (χ4v) is 3.00. The number of pyridine rings is 2. The lowest BCUT2D eigenvalue weighted by Crippen LogP contribution is -2.38. The number of halogens is 1. The molecule has 0 aliphatic rings. The predicted molar refractivity (Wildman–Crippen MR) is 109 cm³/mol. The van der Waals surface area contributed by atoms with Crippen LogP contribution >= 0.6 is 0 Å². The van der Waals surface area contributed by atoms with Gasteiger partial charge in [-0.1, -0.05) is 31.2 Å². The van der Waals surface area contributed by atoms with Crippen LogP contribution in [0.15, 0.2) is 42.7 Å². The van der Waals surface area contributed by atoms with Crippen molar-refractivity contribution in [3.63, 3.8) is 0 Å². The molecule has 0 aliphatic carbocycles. The van der Waals surface area contributed by atoms with Crippen molar-refractivity contribution in [2.75, 3.05) is 10.6 Å². The average molecular weight is 382 g/mol. The lowest BCUT2D eigenvalue weighted by molar-refractivity contribution is 0.100. The molecule has 1 aromatic carbocycles. The summed E-state index contributed by atoms with van der Waals surface area (Å²) in [5, 5.41) is 7.88. The molecular formula is C20H23FN6O. The minimum absolute atomic E-state index is 0.00449. The first-order chi connectivity index (χ1) is 13.4. The van der Waals surface area contributed by atoms with Crippen molar-refractivity contribution in [3.8, 4) is 0 Å². The van der Waals surface area contributed by atoms with Crippen molar-refractivity contribution >= 4 is 34.0 Å². The number of amides is 1. The second kappa shape index (κ2) is 8.18. The van der Waals surface area contributed by atoms with E-state index in [2.05, 4.69) is 20.6 Å². The highest BCUT2D eigenvalue weighted by molar-refractivity contribution is 6.01. The van der Waals surface area contributed by atoms with Gasteiger partial charge in [0.2, 0.25) is 0 Å². The number of carbonyl (C=O) groups excluding carboxylic acids is 1. The normalized spacial score (nSPS) is 13.1. The van der Waals surface area contributed by atoms with Crippen molar-refractivity contribution in [2.24, 2.45) is 11.5 Å². The number of nitrogens with one attached hydrogen (secondary N) is 2. The molecule has 3 rings (SSSR count). The molecule has 0 bridgehead atoms. The summed E-state index contributed by atoms with van der Waals surface area (Å²) in [6, 6.07) is 8.32. The Labute approximate surface area is 162 Å². The Balaban J connectivity index is 2.05. The van der Waals surface area contributed by atoms with E-state index in [1.54, 1.807) is 12.4 Å². The summed E-state index contributed by atoms with van der Waals surface area (Å²) in [6.07, 6.45) is 4.03. The molecule has 28 heavy (non-hydrogen) atoms. The molecule has 0 unspecified atom stereocenters. The summed E-state index contributed by atoms with van der Waals surface area (Å²) >= 11 is 0. The number of aromatic nitrogens is 2. The SMILES string of the molecule is CC[C@@H](Nc1nc(Nc2cncc3ccccc23)c(C(N)=O)cc1F)[C@H](C)N. The van der Waals surface area contributed by atoms with Gasteiger partial charge in [0.25, 0.3) is 5.91 Å². The maximum absolute atomic E-state index is 14.5. The van der Waals surface area contributed by atoms with E-state index in [0.29, 0.717) is 12.1 Å². The first-order valence-corrected chi connectivity index (χ1v) is 9.03. The number of rotatable bonds is 7. The van der Waals surface area contributed by atoms with E-state index >= 15 is 0 Å². The quantitative estimate of drug-likeness (QED) is 0.498. The van der Waals surface area contributed by atoms with E-state index < -0.39 is 11.7 Å². The van der Waals surface area contributed by atoms with Crippen LogP contribution in [0.2, 0.25) is 0 Å². The molecular weight excluding hydrogens is 359 g/mol. The lowest BCUT2D eigenvalue weighted by atomic mass is 10.1. The molecule has 6 N–H and O–H groups in total. The molecule has 1 amide bonds. The Bertz CT molecular complexity index is 1000. The van der Waals surface area contributed by atoms with Crippen molar-refractivity contribution in [3.05, 3.63) is 54.1 Å². The van der Waals surface area contributed by atoms with Crippen LogP contribution < -0.4 is 22.1 Å². The third-order valence-electron chi connectivity index (χ3n) is 4.56. The fraction of sp³-hybridized carbons (Fsp3) is 0.250. The summed E-state index contributed by atoms with van der Waals surface area (Å²) in [7, 11) is 0. The molecule has 0 aliphatic heterocycles. The molecule has 2 aromatic heterocycles. The first kappa shape index (κ1) is 19.5. The number of hydrogen-bond acceptors (Lipinski definition) is 6. The summed E-state index contributed by atoms with van der Waals surface area (Å²) in [5.74, 6) is -1.30. The fourth-order valence-electron chi connectivity index (χ4n) is 3.00. The van der Waals surface area contributed by atoms with Crippen LogP contribution in [0.3, 0.4) is 0 Å². The summed E-state index contributed by atoms with van der Waals surface area (Å²) in [6.45, 7) is 3.77. The average Bonchev–Trinajstić information content (AvgIpc) is 2.67. The number of fused-ring (bicyclic) bond motifs is 1. The van der Waals surface area contributed by atoms with Gasteiger partial charge >= 0.3 is 0 Å². The molecule has 0 saturated heterocycles. The largest absolute Gasteiger partial charge is 0.365 e. The van der Waals surface area contributed by atoms with Gasteiger partial charge < -0.3 is 22.1 Å². The molecule has 146 valence electrons. The highest BCUT2D eigenvalue weighted by atomic mass is 19.1. The molecule has 2 heterocycles. The van der Waals surface area contributed by atoms with Gasteiger partial charge in [0, 0.05) is 29.1 Å².